The predicted molar refractivity (Wildman–Crippen MR) is 72.4 cm³/mol. The van der Waals surface area contributed by atoms with Crippen molar-refractivity contribution in [2.75, 3.05) is 0 Å². The van der Waals surface area contributed by atoms with Gasteiger partial charge in [-0.3, -0.25) is 0 Å². The molecule has 1 aliphatic rings. The van der Waals surface area contributed by atoms with Gasteiger partial charge in [0.2, 0.25) is 0 Å². The molecule has 0 amide bonds. The lowest BCUT2D eigenvalue weighted by molar-refractivity contribution is -0.201. The fourth-order valence-electron chi connectivity index (χ4n) is 2.48. The number of halogens is 1. The number of benzene rings is 2. The van der Waals surface area contributed by atoms with Gasteiger partial charge in [-0.15, -0.1) is 0 Å². The lowest BCUT2D eigenvalue weighted by Crippen LogP contribution is -2.44. The van der Waals surface area contributed by atoms with Crippen LogP contribution in [0.1, 0.15) is 18.1 Å². The first-order valence-electron chi connectivity index (χ1n) is 6.43. The van der Waals surface area contributed by atoms with Gasteiger partial charge in [0, 0.05) is 5.56 Å². The lowest BCUT2D eigenvalue weighted by Gasteiger charge is -2.39. The van der Waals surface area contributed by atoms with Gasteiger partial charge in [0.05, 0.1) is 0 Å². The van der Waals surface area contributed by atoms with E-state index in [1.54, 1.807) is 19.1 Å². The van der Waals surface area contributed by atoms with Crippen LogP contribution in [0, 0.1) is 5.82 Å². The minimum atomic E-state index is -1.44. The van der Waals surface area contributed by atoms with Gasteiger partial charge in [-0.05, 0) is 30.7 Å². The van der Waals surface area contributed by atoms with Gasteiger partial charge in [0.25, 0.3) is 6.29 Å². The molecule has 3 rings (SSSR count). The Morgan fingerprint density at radius 3 is 2.62 bits per heavy atom. The van der Waals surface area contributed by atoms with Gasteiger partial charge in [0.1, 0.15) is 17.2 Å². The van der Waals surface area contributed by atoms with Crippen molar-refractivity contribution in [1.29, 1.82) is 0 Å². The molecule has 0 radical (unpaired) electrons. The zero-order valence-electron chi connectivity index (χ0n) is 11.2. The molecule has 0 bridgehead atoms. The standard InChI is InChI=1S/C16H13FO4/c1-16(10-5-3-2-4-6-10)12-9-11(17)7-8-13(12)20-15(21-16)14(18)19/h2-9,15H,1H3,(H,18,19). The predicted octanol–water partition coefficient (Wildman–Crippen LogP) is 2.91. The topological polar surface area (TPSA) is 55.8 Å². The summed E-state index contributed by atoms with van der Waals surface area (Å²) in [7, 11) is 0. The van der Waals surface area contributed by atoms with Crippen molar-refractivity contribution < 1.29 is 23.8 Å². The highest BCUT2D eigenvalue weighted by Crippen LogP contribution is 2.43. The van der Waals surface area contributed by atoms with Crippen LogP contribution >= 0.6 is 0 Å². The molecule has 5 heteroatoms. The summed E-state index contributed by atoms with van der Waals surface area (Å²) in [6.07, 6.45) is -1.44. The molecule has 108 valence electrons. The summed E-state index contributed by atoms with van der Waals surface area (Å²) in [5.74, 6) is -1.36. The second kappa shape index (κ2) is 4.86. The van der Waals surface area contributed by atoms with E-state index in [9.17, 15) is 14.3 Å². The SMILES string of the molecule is CC1(c2ccccc2)OC(C(=O)O)Oc2ccc(F)cc21. The number of hydrogen-bond acceptors (Lipinski definition) is 3. The van der Waals surface area contributed by atoms with Crippen LogP contribution in [-0.4, -0.2) is 17.4 Å². The molecule has 2 aromatic rings. The fraction of sp³-hybridized carbons (Fsp3) is 0.188. The lowest BCUT2D eigenvalue weighted by atomic mass is 9.86. The van der Waals surface area contributed by atoms with Crippen molar-refractivity contribution in [1.82, 2.24) is 0 Å². The molecular weight excluding hydrogens is 275 g/mol. The number of carboxylic acids is 1. The molecule has 0 aromatic heterocycles. The van der Waals surface area contributed by atoms with Crippen molar-refractivity contribution >= 4 is 5.97 Å². The number of fused-ring (bicyclic) bond motifs is 1. The van der Waals surface area contributed by atoms with Gasteiger partial charge >= 0.3 is 5.97 Å². The number of carbonyl (C=O) groups is 1. The number of ether oxygens (including phenoxy) is 2. The maximum absolute atomic E-state index is 13.6. The Morgan fingerprint density at radius 2 is 1.95 bits per heavy atom. The van der Waals surface area contributed by atoms with Crippen LogP contribution in [0.25, 0.3) is 0 Å². The summed E-state index contributed by atoms with van der Waals surface area (Å²) in [4.78, 5) is 11.2. The summed E-state index contributed by atoms with van der Waals surface area (Å²) in [5, 5.41) is 9.17. The maximum Gasteiger partial charge on any atom is 0.373 e. The van der Waals surface area contributed by atoms with Crippen LogP contribution < -0.4 is 4.74 Å². The Kier molecular flexibility index (Phi) is 3.14. The Balaban J connectivity index is 2.19. The van der Waals surface area contributed by atoms with Gasteiger partial charge in [-0.2, -0.15) is 0 Å². The second-order valence-electron chi connectivity index (χ2n) is 4.95. The van der Waals surface area contributed by atoms with Crippen molar-refractivity contribution in [2.24, 2.45) is 0 Å². The van der Waals surface area contributed by atoms with Crippen LogP contribution in [0.15, 0.2) is 48.5 Å². The molecule has 0 spiro atoms. The molecule has 2 unspecified atom stereocenters. The van der Waals surface area contributed by atoms with E-state index in [4.69, 9.17) is 9.47 Å². The van der Waals surface area contributed by atoms with Crippen LogP contribution in [0.2, 0.25) is 0 Å². The van der Waals surface area contributed by atoms with E-state index in [1.807, 2.05) is 18.2 Å². The first-order chi connectivity index (χ1) is 10.0. The van der Waals surface area contributed by atoms with E-state index < -0.39 is 23.7 Å². The van der Waals surface area contributed by atoms with Crippen LogP contribution in [0.3, 0.4) is 0 Å². The largest absolute Gasteiger partial charge is 0.477 e. The van der Waals surface area contributed by atoms with Gasteiger partial charge in [-0.1, -0.05) is 30.3 Å². The molecule has 1 aliphatic heterocycles. The molecular formula is C16H13FO4. The number of aliphatic carboxylic acids is 1. The normalized spacial score (nSPS) is 24.0. The third-order valence-corrected chi connectivity index (χ3v) is 3.56. The molecule has 2 aromatic carbocycles. The summed E-state index contributed by atoms with van der Waals surface area (Å²) in [5.41, 5.74) is 0.0950. The zero-order valence-corrected chi connectivity index (χ0v) is 11.2. The van der Waals surface area contributed by atoms with Crippen LogP contribution in [0.5, 0.6) is 5.75 Å². The third-order valence-electron chi connectivity index (χ3n) is 3.56. The number of rotatable bonds is 2. The third kappa shape index (κ3) is 2.25. The minimum Gasteiger partial charge on any atom is -0.477 e. The Hall–Kier alpha value is -2.40. The average Bonchev–Trinajstić information content (AvgIpc) is 2.48. The van der Waals surface area contributed by atoms with E-state index in [-0.39, 0.29) is 0 Å². The van der Waals surface area contributed by atoms with Gasteiger partial charge in [0.15, 0.2) is 0 Å². The Labute approximate surface area is 120 Å². The highest BCUT2D eigenvalue weighted by atomic mass is 19.1. The summed E-state index contributed by atoms with van der Waals surface area (Å²) >= 11 is 0. The van der Waals surface area contributed by atoms with E-state index in [2.05, 4.69) is 0 Å². The van der Waals surface area contributed by atoms with Gasteiger partial charge < -0.3 is 14.6 Å². The molecule has 0 aliphatic carbocycles. The minimum absolute atomic E-state index is 0.307. The maximum atomic E-state index is 13.6. The molecule has 4 nitrogen and oxygen atoms in total. The molecule has 0 fully saturated rings. The Bertz CT molecular complexity index is 686. The smallest absolute Gasteiger partial charge is 0.373 e. The van der Waals surface area contributed by atoms with Crippen LogP contribution in [0.4, 0.5) is 4.39 Å². The van der Waals surface area contributed by atoms with Crippen molar-refractivity contribution in [3.8, 4) is 5.75 Å². The fourth-order valence-corrected chi connectivity index (χ4v) is 2.48. The monoisotopic (exact) mass is 288 g/mol. The molecule has 2 atom stereocenters. The first-order valence-corrected chi connectivity index (χ1v) is 6.43. The molecule has 0 saturated heterocycles. The quantitative estimate of drug-likeness (QED) is 0.923. The van der Waals surface area contributed by atoms with Crippen molar-refractivity contribution in [3.05, 3.63) is 65.5 Å². The average molecular weight is 288 g/mol. The van der Waals surface area contributed by atoms with E-state index >= 15 is 0 Å². The molecule has 21 heavy (non-hydrogen) atoms. The van der Waals surface area contributed by atoms with Crippen molar-refractivity contribution in [3.63, 3.8) is 0 Å². The highest BCUT2D eigenvalue weighted by molar-refractivity contribution is 5.72. The Morgan fingerprint density at radius 1 is 1.24 bits per heavy atom. The number of hydrogen-bond donors (Lipinski definition) is 1. The highest BCUT2D eigenvalue weighted by Gasteiger charge is 2.43. The second-order valence-corrected chi connectivity index (χ2v) is 4.95. The molecule has 0 saturated carbocycles. The zero-order chi connectivity index (χ0) is 15.0. The van der Waals surface area contributed by atoms with E-state index in [0.29, 0.717) is 11.3 Å². The summed E-state index contributed by atoms with van der Waals surface area (Å²) in [6.45, 7) is 1.71. The first kappa shape index (κ1) is 13.6. The van der Waals surface area contributed by atoms with Crippen LogP contribution in [-0.2, 0) is 15.1 Å². The molecule has 1 heterocycles. The van der Waals surface area contributed by atoms with E-state index in [0.717, 1.165) is 5.56 Å². The summed E-state index contributed by atoms with van der Waals surface area (Å²) in [6, 6.07) is 13.0. The summed E-state index contributed by atoms with van der Waals surface area (Å²) < 4.78 is 24.5. The van der Waals surface area contributed by atoms with Crippen molar-refractivity contribution in [2.45, 2.75) is 18.8 Å². The van der Waals surface area contributed by atoms with Gasteiger partial charge in [-0.25, -0.2) is 9.18 Å². The van der Waals surface area contributed by atoms with E-state index in [1.165, 1.54) is 18.2 Å². The number of carboxylic acid groups (broad SMARTS) is 1. The molecule has 1 N–H and O–H groups in total.